The number of hydrogen-bond donors (Lipinski definition) is 0. The van der Waals surface area contributed by atoms with Crippen LogP contribution >= 0.6 is 10.7 Å². The summed E-state index contributed by atoms with van der Waals surface area (Å²) >= 11 is 0. The van der Waals surface area contributed by atoms with E-state index in [1.165, 1.54) is 0 Å². The van der Waals surface area contributed by atoms with Gasteiger partial charge >= 0.3 is 6.18 Å². The lowest BCUT2D eigenvalue weighted by Crippen LogP contribution is -2.07. The quantitative estimate of drug-likeness (QED) is 0.776. The molecule has 0 N–H and O–H groups in total. The summed E-state index contributed by atoms with van der Waals surface area (Å²) in [6.45, 7) is 0.00389. The fourth-order valence-corrected chi connectivity index (χ4v) is 2.49. The van der Waals surface area contributed by atoms with Gasteiger partial charge in [-0.05, 0) is 17.7 Å². The highest BCUT2D eigenvalue weighted by molar-refractivity contribution is 8.13. The van der Waals surface area contributed by atoms with Gasteiger partial charge in [-0.1, -0.05) is 30.3 Å². The van der Waals surface area contributed by atoms with Crippen molar-refractivity contribution in [1.82, 2.24) is 0 Å². The summed E-state index contributed by atoms with van der Waals surface area (Å²) in [5.74, 6) is -0.224. The minimum atomic E-state index is -4.71. The van der Waals surface area contributed by atoms with Gasteiger partial charge in [0.2, 0.25) is 0 Å². The Morgan fingerprint density at radius 3 is 2.23 bits per heavy atom. The highest BCUT2D eigenvalue weighted by Crippen LogP contribution is 2.34. The van der Waals surface area contributed by atoms with Gasteiger partial charge in [-0.15, -0.1) is 0 Å². The lowest BCUT2D eigenvalue weighted by Gasteiger charge is -2.12. The molecule has 22 heavy (non-hydrogen) atoms. The lowest BCUT2D eigenvalue weighted by atomic mass is 10.2. The molecule has 2 aromatic rings. The molecule has 0 aliphatic carbocycles. The smallest absolute Gasteiger partial charge is 0.416 e. The first-order valence-corrected chi connectivity index (χ1v) is 8.31. The Bertz CT molecular complexity index is 759. The van der Waals surface area contributed by atoms with Crippen LogP contribution in [-0.2, 0) is 21.8 Å². The molecule has 3 nitrogen and oxygen atoms in total. The van der Waals surface area contributed by atoms with Crippen LogP contribution in [-0.4, -0.2) is 8.42 Å². The minimum Gasteiger partial charge on any atom is -0.489 e. The Labute approximate surface area is 129 Å². The number of rotatable bonds is 4. The number of ether oxygens (including phenoxy) is 1. The molecule has 0 bridgehead atoms. The fourth-order valence-electron chi connectivity index (χ4n) is 1.70. The van der Waals surface area contributed by atoms with Crippen LogP contribution in [0.4, 0.5) is 13.2 Å². The van der Waals surface area contributed by atoms with Crippen molar-refractivity contribution in [2.24, 2.45) is 0 Å². The first kappa shape index (κ1) is 16.6. The van der Waals surface area contributed by atoms with Gasteiger partial charge in [0.05, 0.1) is 10.5 Å². The molecule has 118 valence electrons. The van der Waals surface area contributed by atoms with Gasteiger partial charge < -0.3 is 4.74 Å². The molecule has 0 fully saturated rings. The molecular weight excluding hydrogens is 341 g/mol. The third-order valence-corrected chi connectivity index (χ3v) is 4.07. The van der Waals surface area contributed by atoms with Crippen molar-refractivity contribution in [1.29, 1.82) is 0 Å². The van der Waals surface area contributed by atoms with Crippen LogP contribution in [0.1, 0.15) is 11.1 Å². The zero-order valence-corrected chi connectivity index (χ0v) is 12.5. The number of halogens is 4. The van der Waals surface area contributed by atoms with Crippen molar-refractivity contribution in [2.45, 2.75) is 17.7 Å². The topological polar surface area (TPSA) is 43.4 Å². The second-order valence-corrected chi connectivity index (χ2v) is 6.97. The number of benzene rings is 2. The molecule has 2 aromatic carbocycles. The van der Waals surface area contributed by atoms with Crippen LogP contribution in [0.5, 0.6) is 5.75 Å². The highest BCUT2D eigenvalue weighted by atomic mass is 35.7. The van der Waals surface area contributed by atoms with E-state index < -0.39 is 25.7 Å². The van der Waals surface area contributed by atoms with Gasteiger partial charge in [0.1, 0.15) is 12.4 Å². The van der Waals surface area contributed by atoms with E-state index in [2.05, 4.69) is 0 Å². The molecule has 0 spiro atoms. The maximum atomic E-state index is 12.8. The second kappa shape index (κ2) is 6.18. The van der Waals surface area contributed by atoms with E-state index in [9.17, 15) is 21.6 Å². The molecule has 0 saturated carbocycles. The van der Waals surface area contributed by atoms with Crippen molar-refractivity contribution in [3.8, 4) is 5.75 Å². The van der Waals surface area contributed by atoms with E-state index >= 15 is 0 Å². The van der Waals surface area contributed by atoms with Crippen LogP contribution in [0.3, 0.4) is 0 Å². The monoisotopic (exact) mass is 350 g/mol. The van der Waals surface area contributed by atoms with E-state index in [-0.39, 0.29) is 12.4 Å². The summed E-state index contributed by atoms with van der Waals surface area (Å²) in [5.41, 5.74) is -0.410. The summed E-state index contributed by atoms with van der Waals surface area (Å²) in [6.07, 6.45) is -4.71. The number of alkyl halides is 3. The van der Waals surface area contributed by atoms with E-state index in [4.69, 9.17) is 15.4 Å². The molecule has 0 aliphatic rings. The summed E-state index contributed by atoms with van der Waals surface area (Å²) in [7, 11) is 0.820. The Morgan fingerprint density at radius 1 is 1.05 bits per heavy atom. The SMILES string of the molecule is O=S(=O)(Cl)c1cc(OCc2ccccc2)cc(C(F)(F)F)c1. The van der Waals surface area contributed by atoms with Crippen molar-refractivity contribution >= 4 is 19.7 Å². The Morgan fingerprint density at radius 2 is 1.68 bits per heavy atom. The molecule has 0 aromatic heterocycles. The van der Waals surface area contributed by atoms with Crippen LogP contribution in [0.15, 0.2) is 53.4 Å². The van der Waals surface area contributed by atoms with E-state index in [1.807, 2.05) is 0 Å². The van der Waals surface area contributed by atoms with Gasteiger partial charge in [-0.25, -0.2) is 8.42 Å². The number of hydrogen-bond acceptors (Lipinski definition) is 3. The minimum absolute atomic E-state index is 0.00389. The molecule has 8 heteroatoms. The standard InChI is InChI=1S/C14H10ClF3O3S/c15-22(19,20)13-7-11(14(16,17)18)6-12(8-13)21-9-10-4-2-1-3-5-10/h1-8H,9H2. The Hall–Kier alpha value is -1.73. The van der Waals surface area contributed by atoms with E-state index in [1.54, 1.807) is 30.3 Å². The van der Waals surface area contributed by atoms with Gasteiger partial charge in [0, 0.05) is 16.7 Å². The maximum Gasteiger partial charge on any atom is 0.416 e. The van der Waals surface area contributed by atoms with Gasteiger partial charge in [-0.3, -0.25) is 0 Å². The zero-order chi connectivity index (χ0) is 16.4. The molecule has 0 aliphatic heterocycles. The largest absolute Gasteiger partial charge is 0.489 e. The first-order chi connectivity index (χ1) is 10.2. The van der Waals surface area contributed by atoms with Crippen LogP contribution in [0.2, 0.25) is 0 Å². The molecular formula is C14H10ClF3O3S. The Kier molecular flexibility index (Phi) is 4.67. The average Bonchev–Trinajstić information content (AvgIpc) is 2.44. The fraction of sp³-hybridized carbons (Fsp3) is 0.143. The van der Waals surface area contributed by atoms with Gasteiger partial charge in [0.25, 0.3) is 9.05 Å². The lowest BCUT2D eigenvalue weighted by molar-refractivity contribution is -0.137. The predicted octanol–water partition coefficient (Wildman–Crippen LogP) is 4.21. The van der Waals surface area contributed by atoms with Crippen molar-refractivity contribution < 1.29 is 26.3 Å². The third kappa shape index (κ3) is 4.38. The van der Waals surface area contributed by atoms with E-state index in [0.717, 1.165) is 17.7 Å². The molecule has 0 heterocycles. The maximum absolute atomic E-state index is 12.8. The average molecular weight is 351 g/mol. The molecule has 0 unspecified atom stereocenters. The summed E-state index contributed by atoms with van der Waals surface area (Å²) in [6, 6.07) is 10.9. The van der Waals surface area contributed by atoms with Crippen molar-refractivity contribution in [3.05, 3.63) is 59.7 Å². The summed E-state index contributed by atoms with van der Waals surface area (Å²) in [5, 5.41) is 0. The van der Waals surface area contributed by atoms with Gasteiger partial charge in [0.15, 0.2) is 0 Å². The summed E-state index contributed by atoms with van der Waals surface area (Å²) in [4.78, 5) is -0.660. The Balaban J connectivity index is 2.34. The molecule has 0 amide bonds. The van der Waals surface area contributed by atoms with Crippen molar-refractivity contribution in [3.63, 3.8) is 0 Å². The van der Waals surface area contributed by atoms with Crippen molar-refractivity contribution in [2.75, 3.05) is 0 Å². The highest BCUT2D eigenvalue weighted by Gasteiger charge is 2.32. The van der Waals surface area contributed by atoms with Crippen LogP contribution < -0.4 is 4.74 Å². The second-order valence-electron chi connectivity index (χ2n) is 4.40. The summed E-state index contributed by atoms with van der Waals surface area (Å²) < 4.78 is 66.2. The molecule has 2 rings (SSSR count). The van der Waals surface area contributed by atoms with Crippen LogP contribution in [0.25, 0.3) is 0 Å². The molecule has 0 atom stereocenters. The van der Waals surface area contributed by atoms with Gasteiger partial charge in [-0.2, -0.15) is 13.2 Å². The van der Waals surface area contributed by atoms with Crippen LogP contribution in [0, 0.1) is 0 Å². The molecule has 0 saturated heterocycles. The normalized spacial score (nSPS) is 12.2. The van der Waals surface area contributed by atoms with E-state index in [0.29, 0.717) is 6.07 Å². The first-order valence-electron chi connectivity index (χ1n) is 6.00. The third-order valence-electron chi connectivity index (χ3n) is 2.74. The molecule has 0 radical (unpaired) electrons. The zero-order valence-electron chi connectivity index (χ0n) is 11.0. The predicted molar refractivity (Wildman–Crippen MR) is 75.3 cm³/mol.